The molecule has 2 heterocycles. The summed E-state index contributed by atoms with van der Waals surface area (Å²) < 4.78 is 26.0. The standard InChI is InChI=1S/C22H26N4O5S2/c1-14-12-25(19(27)13-26-20(28)17-9-4-5-10-18(17)21(26)29)22(32-14)23-15-7-6-8-16(11-15)33(30,31)24(2)3/h4-8,11,14,17-18H,9-10,12-13H2,1-3H3. The Balaban J connectivity index is 1.55. The smallest absolute Gasteiger partial charge is 0.248 e. The van der Waals surface area contributed by atoms with Gasteiger partial charge in [0.1, 0.15) is 6.54 Å². The van der Waals surface area contributed by atoms with Crippen LogP contribution >= 0.6 is 11.8 Å². The summed E-state index contributed by atoms with van der Waals surface area (Å²) in [6.45, 7) is 2.03. The van der Waals surface area contributed by atoms with Crippen LogP contribution in [0.25, 0.3) is 0 Å². The highest BCUT2D eigenvalue weighted by Crippen LogP contribution is 2.35. The predicted molar refractivity (Wildman–Crippen MR) is 125 cm³/mol. The Hall–Kier alpha value is -2.50. The first-order chi connectivity index (χ1) is 15.6. The molecule has 2 aliphatic heterocycles. The van der Waals surface area contributed by atoms with Gasteiger partial charge in [-0.05, 0) is 31.0 Å². The third-order valence-electron chi connectivity index (χ3n) is 5.99. The number of benzene rings is 1. The lowest BCUT2D eigenvalue weighted by molar-refractivity contribution is -0.145. The summed E-state index contributed by atoms with van der Waals surface area (Å²) in [5.74, 6) is -1.71. The minimum atomic E-state index is -3.62. The normalized spacial score (nSPS) is 26.5. The zero-order valence-corrected chi connectivity index (χ0v) is 20.3. The average molecular weight is 491 g/mol. The minimum absolute atomic E-state index is 0.0677. The summed E-state index contributed by atoms with van der Waals surface area (Å²) in [6, 6.07) is 6.21. The number of carbonyl (C=O) groups excluding carboxylic acids is 3. The maximum Gasteiger partial charge on any atom is 0.248 e. The van der Waals surface area contributed by atoms with Crippen LogP contribution < -0.4 is 0 Å². The highest BCUT2D eigenvalue weighted by atomic mass is 32.2. The SMILES string of the molecule is CC1CN(C(=O)CN2C(=O)C3CC=CCC3C2=O)C(=Nc2cccc(S(=O)(=O)N(C)C)c2)S1. The number of allylic oxidation sites excluding steroid dienone is 2. The fourth-order valence-electron chi connectivity index (χ4n) is 4.19. The van der Waals surface area contributed by atoms with Crippen molar-refractivity contribution >= 4 is 50.4 Å². The number of imide groups is 1. The van der Waals surface area contributed by atoms with Crippen LogP contribution in [0.4, 0.5) is 5.69 Å². The van der Waals surface area contributed by atoms with E-state index in [1.165, 1.54) is 42.9 Å². The number of hydrogen-bond acceptors (Lipinski definition) is 7. The topological polar surface area (TPSA) is 107 Å². The van der Waals surface area contributed by atoms with Crippen molar-refractivity contribution in [2.75, 3.05) is 27.2 Å². The van der Waals surface area contributed by atoms with Gasteiger partial charge in [-0.2, -0.15) is 0 Å². The Morgan fingerprint density at radius 2 is 1.79 bits per heavy atom. The molecule has 176 valence electrons. The van der Waals surface area contributed by atoms with E-state index in [9.17, 15) is 22.8 Å². The van der Waals surface area contributed by atoms with Crippen LogP contribution in [-0.4, -0.2) is 77.8 Å². The first-order valence-corrected chi connectivity index (χ1v) is 13.0. The second-order valence-electron chi connectivity index (χ2n) is 8.53. The number of carbonyl (C=O) groups is 3. The Kier molecular flexibility index (Phi) is 6.47. The number of fused-ring (bicyclic) bond motifs is 1. The third-order valence-corrected chi connectivity index (χ3v) is 8.88. The molecule has 0 N–H and O–H groups in total. The van der Waals surface area contributed by atoms with Crippen molar-refractivity contribution in [1.29, 1.82) is 0 Å². The van der Waals surface area contributed by atoms with E-state index < -0.39 is 10.0 Å². The number of likely N-dealkylation sites (tertiary alicyclic amines) is 1. The maximum atomic E-state index is 13.1. The fraction of sp³-hybridized carbons (Fsp3) is 0.455. The number of aliphatic imine (C=N–C) groups is 1. The highest BCUT2D eigenvalue weighted by molar-refractivity contribution is 8.14. The molecule has 0 bridgehead atoms. The Bertz CT molecular complexity index is 1140. The molecule has 1 aliphatic carbocycles. The van der Waals surface area contributed by atoms with E-state index in [2.05, 4.69) is 4.99 Å². The fourth-order valence-corrected chi connectivity index (χ4v) is 6.18. The molecule has 0 radical (unpaired) electrons. The van der Waals surface area contributed by atoms with Gasteiger partial charge < -0.3 is 0 Å². The molecule has 0 saturated carbocycles. The number of hydrogen-bond donors (Lipinski definition) is 0. The van der Waals surface area contributed by atoms with Crippen molar-refractivity contribution in [3.8, 4) is 0 Å². The van der Waals surface area contributed by atoms with Crippen molar-refractivity contribution < 1.29 is 22.8 Å². The first-order valence-electron chi connectivity index (χ1n) is 10.7. The molecule has 3 atom stereocenters. The number of nitrogens with zero attached hydrogens (tertiary/aromatic N) is 4. The van der Waals surface area contributed by atoms with Crippen molar-refractivity contribution in [3.05, 3.63) is 36.4 Å². The van der Waals surface area contributed by atoms with Crippen LogP contribution in [0.1, 0.15) is 19.8 Å². The first kappa shape index (κ1) is 23.7. The summed E-state index contributed by atoms with van der Waals surface area (Å²) in [5.41, 5.74) is 0.401. The molecule has 2 saturated heterocycles. The van der Waals surface area contributed by atoms with Gasteiger partial charge in [-0.25, -0.2) is 17.7 Å². The second-order valence-corrected chi connectivity index (χ2v) is 12.1. The van der Waals surface area contributed by atoms with E-state index in [0.717, 1.165) is 9.21 Å². The number of thioether (sulfide) groups is 1. The van der Waals surface area contributed by atoms with E-state index in [1.807, 2.05) is 19.1 Å². The van der Waals surface area contributed by atoms with Gasteiger partial charge in [0.2, 0.25) is 27.7 Å². The third kappa shape index (κ3) is 4.49. The molecule has 2 fully saturated rings. The zero-order chi connectivity index (χ0) is 23.9. The lowest BCUT2D eigenvalue weighted by atomic mass is 9.85. The average Bonchev–Trinajstić information content (AvgIpc) is 3.26. The number of sulfonamides is 1. The summed E-state index contributed by atoms with van der Waals surface area (Å²) in [5, 5.41) is 0.489. The zero-order valence-electron chi connectivity index (χ0n) is 18.7. The Morgan fingerprint density at radius 1 is 1.15 bits per heavy atom. The molecule has 33 heavy (non-hydrogen) atoms. The van der Waals surface area contributed by atoms with Gasteiger partial charge >= 0.3 is 0 Å². The number of rotatable bonds is 5. The number of amides is 3. The van der Waals surface area contributed by atoms with E-state index in [0.29, 0.717) is 30.2 Å². The van der Waals surface area contributed by atoms with Crippen LogP contribution in [0, 0.1) is 11.8 Å². The molecule has 1 aromatic rings. The maximum absolute atomic E-state index is 13.1. The van der Waals surface area contributed by atoms with E-state index in [4.69, 9.17) is 0 Å². The van der Waals surface area contributed by atoms with Gasteiger partial charge in [0.15, 0.2) is 5.17 Å². The molecular formula is C22H26N4O5S2. The van der Waals surface area contributed by atoms with Crippen molar-refractivity contribution in [3.63, 3.8) is 0 Å². The van der Waals surface area contributed by atoms with Gasteiger partial charge in [-0.3, -0.25) is 24.2 Å². The lowest BCUT2D eigenvalue weighted by Crippen LogP contribution is -2.43. The predicted octanol–water partition coefficient (Wildman–Crippen LogP) is 1.84. The van der Waals surface area contributed by atoms with Gasteiger partial charge in [0, 0.05) is 25.9 Å². The lowest BCUT2D eigenvalue weighted by Gasteiger charge is -2.20. The van der Waals surface area contributed by atoms with Gasteiger partial charge in [0.25, 0.3) is 0 Å². The molecule has 3 amide bonds. The van der Waals surface area contributed by atoms with Crippen molar-refractivity contribution in [2.24, 2.45) is 16.8 Å². The summed E-state index contributed by atoms with van der Waals surface area (Å²) >= 11 is 1.39. The van der Waals surface area contributed by atoms with Gasteiger partial charge in [0.05, 0.1) is 22.4 Å². The Labute approximate surface area is 197 Å². The van der Waals surface area contributed by atoms with Crippen LogP contribution in [0.3, 0.4) is 0 Å². The number of amidine groups is 1. The van der Waals surface area contributed by atoms with Crippen LogP contribution in [0.5, 0.6) is 0 Å². The molecule has 1 aromatic carbocycles. The quantitative estimate of drug-likeness (QED) is 0.460. The summed E-state index contributed by atoms with van der Waals surface area (Å²) in [4.78, 5) is 45.8. The van der Waals surface area contributed by atoms with Gasteiger partial charge in [-0.15, -0.1) is 0 Å². The Morgan fingerprint density at radius 3 is 2.39 bits per heavy atom. The van der Waals surface area contributed by atoms with E-state index >= 15 is 0 Å². The summed E-state index contributed by atoms with van der Waals surface area (Å²) in [6.07, 6.45) is 4.86. The van der Waals surface area contributed by atoms with E-state index in [-0.39, 0.29) is 46.2 Å². The van der Waals surface area contributed by atoms with Gasteiger partial charge in [-0.1, -0.05) is 36.9 Å². The highest BCUT2D eigenvalue weighted by Gasteiger charge is 2.48. The molecule has 9 nitrogen and oxygen atoms in total. The molecule has 11 heteroatoms. The molecule has 3 aliphatic rings. The molecule has 3 unspecified atom stereocenters. The van der Waals surface area contributed by atoms with Crippen LogP contribution in [0.15, 0.2) is 46.3 Å². The largest absolute Gasteiger partial charge is 0.289 e. The molecular weight excluding hydrogens is 464 g/mol. The van der Waals surface area contributed by atoms with Crippen LogP contribution in [-0.2, 0) is 24.4 Å². The van der Waals surface area contributed by atoms with Crippen molar-refractivity contribution in [1.82, 2.24) is 14.1 Å². The monoisotopic (exact) mass is 490 g/mol. The summed E-state index contributed by atoms with van der Waals surface area (Å²) in [7, 11) is -0.714. The van der Waals surface area contributed by atoms with Crippen molar-refractivity contribution in [2.45, 2.75) is 29.9 Å². The minimum Gasteiger partial charge on any atom is -0.289 e. The van der Waals surface area contributed by atoms with E-state index in [1.54, 1.807) is 12.1 Å². The molecule has 0 spiro atoms. The van der Waals surface area contributed by atoms with Crippen LogP contribution in [0.2, 0.25) is 0 Å². The second kappa shape index (κ2) is 9.03. The molecule has 4 rings (SSSR count). The molecule has 0 aromatic heterocycles.